The van der Waals surface area contributed by atoms with E-state index in [1.54, 1.807) is 6.07 Å². The van der Waals surface area contributed by atoms with Gasteiger partial charge in [0.05, 0.1) is 0 Å². The number of hydrogen-bond acceptors (Lipinski definition) is 3. The second kappa shape index (κ2) is 9.69. The van der Waals surface area contributed by atoms with E-state index in [0.717, 1.165) is 12.0 Å². The maximum absolute atomic E-state index is 12.0. The first-order valence-corrected chi connectivity index (χ1v) is 8.54. The highest BCUT2D eigenvalue weighted by Crippen LogP contribution is 2.19. The average Bonchev–Trinajstić information content (AvgIpc) is 2.59. The molecule has 0 fully saturated rings. The van der Waals surface area contributed by atoms with Crippen LogP contribution in [-0.4, -0.2) is 23.8 Å². The van der Waals surface area contributed by atoms with Crippen molar-refractivity contribution in [1.29, 1.82) is 0 Å². The number of carbonyl (C=O) groups excluding carboxylic acids is 1. The highest BCUT2D eigenvalue weighted by molar-refractivity contribution is 5.89. The molecule has 0 saturated heterocycles. The third-order valence-corrected chi connectivity index (χ3v) is 3.92. The number of aliphatic hydroxyl groups excluding tert-OH is 1. The summed E-state index contributed by atoms with van der Waals surface area (Å²) in [5.41, 5.74) is 3.00. The number of amides is 2. The van der Waals surface area contributed by atoms with Crippen LogP contribution in [0.2, 0.25) is 0 Å². The fourth-order valence-corrected chi connectivity index (χ4v) is 2.46. The fraction of sp³-hybridized carbons (Fsp3) is 0.350. The smallest absolute Gasteiger partial charge is 0.319 e. The summed E-state index contributed by atoms with van der Waals surface area (Å²) in [7, 11) is 0. The second-order valence-corrected chi connectivity index (χ2v) is 6.11. The minimum Gasteiger partial charge on any atom is -0.489 e. The van der Waals surface area contributed by atoms with E-state index in [1.165, 1.54) is 5.56 Å². The van der Waals surface area contributed by atoms with Gasteiger partial charge in [-0.3, -0.25) is 0 Å². The SMILES string of the molecule is Cc1ccccc1COc1cccc(NC(=O)NC(C)CCCO)c1. The zero-order valence-electron chi connectivity index (χ0n) is 14.8. The zero-order chi connectivity index (χ0) is 18.1. The van der Waals surface area contributed by atoms with Crippen LogP contribution in [0.4, 0.5) is 10.5 Å². The summed E-state index contributed by atoms with van der Waals surface area (Å²) in [5.74, 6) is 0.703. The average molecular weight is 342 g/mol. The Morgan fingerprint density at radius 3 is 2.76 bits per heavy atom. The normalized spacial score (nSPS) is 11.6. The Hall–Kier alpha value is -2.53. The van der Waals surface area contributed by atoms with E-state index in [-0.39, 0.29) is 18.7 Å². The van der Waals surface area contributed by atoms with Crippen LogP contribution >= 0.6 is 0 Å². The van der Waals surface area contributed by atoms with E-state index in [2.05, 4.69) is 23.6 Å². The van der Waals surface area contributed by atoms with Crippen molar-refractivity contribution >= 4 is 11.7 Å². The Morgan fingerprint density at radius 1 is 1.20 bits per heavy atom. The largest absolute Gasteiger partial charge is 0.489 e. The van der Waals surface area contributed by atoms with Crippen molar-refractivity contribution in [2.24, 2.45) is 0 Å². The van der Waals surface area contributed by atoms with Crippen LogP contribution in [0, 0.1) is 6.92 Å². The molecule has 0 radical (unpaired) electrons. The van der Waals surface area contributed by atoms with Gasteiger partial charge in [-0.1, -0.05) is 30.3 Å². The van der Waals surface area contributed by atoms with Crippen molar-refractivity contribution in [2.45, 2.75) is 39.3 Å². The number of aliphatic hydroxyl groups is 1. The summed E-state index contributed by atoms with van der Waals surface area (Å²) in [5, 5.41) is 14.5. The number of hydrogen-bond donors (Lipinski definition) is 3. The van der Waals surface area contributed by atoms with Crippen LogP contribution in [0.3, 0.4) is 0 Å². The number of anilines is 1. The van der Waals surface area contributed by atoms with Crippen LogP contribution in [-0.2, 0) is 6.61 Å². The molecule has 0 bridgehead atoms. The number of rotatable bonds is 8. The molecule has 0 aliphatic rings. The maximum atomic E-state index is 12.0. The van der Waals surface area contributed by atoms with Crippen molar-refractivity contribution in [3.8, 4) is 5.75 Å². The van der Waals surface area contributed by atoms with Gasteiger partial charge in [-0.05, 0) is 49.9 Å². The lowest BCUT2D eigenvalue weighted by Crippen LogP contribution is -2.36. The molecular formula is C20H26N2O3. The lowest BCUT2D eigenvalue weighted by Gasteiger charge is -2.14. The number of ether oxygens (including phenoxy) is 1. The Morgan fingerprint density at radius 2 is 2.00 bits per heavy atom. The predicted octanol–water partition coefficient (Wildman–Crippen LogP) is 3.86. The van der Waals surface area contributed by atoms with E-state index in [1.807, 2.05) is 43.3 Å². The number of carbonyl (C=O) groups is 1. The Bertz CT molecular complexity index is 688. The molecule has 5 nitrogen and oxygen atoms in total. The molecular weight excluding hydrogens is 316 g/mol. The van der Waals surface area contributed by atoms with Gasteiger partial charge < -0.3 is 20.5 Å². The number of nitrogens with one attached hydrogen (secondary N) is 2. The van der Waals surface area contributed by atoms with Gasteiger partial charge >= 0.3 is 6.03 Å². The fourth-order valence-electron chi connectivity index (χ4n) is 2.46. The molecule has 5 heteroatoms. The molecule has 1 atom stereocenters. The molecule has 2 rings (SSSR count). The second-order valence-electron chi connectivity index (χ2n) is 6.11. The van der Waals surface area contributed by atoms with E-state index in [4.69, 9.17) is 9.84 Å². The van der Waals surface area contributed by atoms with Gasteiger partial charge in [-0.15, -0.1) is 0 Å². The molecule has 1 unspecified atom stereocenters. The quantitative estimate of drug-likeness (QED) is 0.682. The summed E-state index contributed by atoms with van der Waals surface area (Å²) in [6.45, 7) is 4.59. The molecule has 134 valence electrons. The van der Waals surface area contributed by atoms with Gasteiger partial charge in [0, 0.05) is 24.4 Å². The Kier molecular flexibility index (Phi) is 7.29. The monoisotopic (exact) mass is 342 g/mol. The molecule has 0 aliphatic carbocycles. The van der Waals surface area contributed by atoms with Crippen molar-refractivity contribution in [2.75, 3.05) is 11.9 Å². The van der Waals surface area contributed by atoms with Gasteiger partial charge in [0.2, 0.25) is 0 Å². The van der Waals surface area contributed by atoms with Crippen LogP contribution < -0.4 is 15.4 Å². The van der Waals surface area contributed by atoms with Crippen molar-refractivity contribution < 1.29 is 14.6 Å². The summed E-state index contributed by atoms with van der Waals surface area (Å²) >= 11 is 0. The molecule has 2 aromatic carbocycles. The first-order chi connectivity index (χ1) is 12.1. The number of aryl methyl sites for hydroxylation is 1. The Labute approximate surface area is 149 Å². The lowest BCUT2D eigenvalue weighted by atomic mass is 10.1. The molecule has 25 heavy (non-hydrogen) atoms. The molecule has 0 spiro atoms. The first kappa shape index (κ1) is 18.8. The standard InChI is InChI=1S/C20H26N2O3/c1-15-7-3-4-9-17(15)14-25-19-11-5-10-18(13-19)22-20(24)21-16(2)8-6-12-23/h3-5,7,9-11,13,16,23H,6,8,12,14H2,1-2H3,(H2,21,22,24). The van der Waals surface area contributed by atoms with E-state index >= 15 is 0 Å². The highest BCUT2D eigenvalue weighted by atomic mass is 16.5. The predicted molar refractivity (Wildman–Crippen MR) is 99.9 cm³/mol. The molecule has 0 saturated carbocycles. The maximum Gasteiger partial charge on any atom is 0.319 e. The van der Waals surface area contributed by atoms with E-state index < -0.39 is 0 Å². The lowest BCUT2D eigenvalue weighted by molar-refractivity contribution is 0.245. The zero-order valence-corrected chi connectivity index (χ0v) is 14.8. The summed E-state index contributed by atoms with van der Waals surface area (Å²) < 4.78 is 5.83. The summed E-state index contributed by atoms with van der Waals surface area (Å²) in [4.78, 5) is 12.0. The van der Waals surface area contributed by atoms with Crippen LogP contribution in [0.1, 0.15) is 30.9 Å². The molecule has 3 N–H and O–H groups in total. The summed E-state index contributed by atoms with van der Waals surface area (Å²) in [6.07, 6.45) is 1.41. The minimum absolute atomic E-state index is 0.00707. The third kappa shape index (κ3) is 6.47. The molecule has 2 amide bonds. The van der Waals surface area contributed by atoms with Crippen LogP contribution in [0.15, 0.2) is 48.5 Å². The Balaban J connectivity index is 1.88. The number of urea groups is 1. The first-order valence-electron chi connectivity index (χ1n) is 8.54. The van der Waals surface area contributed by atoms with Crippen molar-refractivity contribution in [3.05, 3.63) is 59.7 Å². The van der Waals surface area contributed by atoms with Crippen LogP contribution in [0.5, 0.6) is 5.75 Å². The van der Waals surface area contributed by atoms with Gasteiger partial charge in [-0.2, -0.15) is 0 Å². The molecule has 0 aliphatic heterocycles. The molecule has 0 aromatic heterocycles. The van der Waals surface area contributed by atoms with E-state index in [0.29, 0.717) is 24.5 Å². The van der Waals surface area contributed by atoms with Gasteiger partial charge in [0.1, 0.15) is 12.4 Å². The molecule has 0 heterocycles. The van der Waals surface area contributed by atoms with Gasteiger partial charge in [-0.25, -0.2) is 4.79 Å². The van der Waals surface area contributed by atoms with Crippen molar-refractivity contribution in [3.63, 3.8) is 0 Å². The van der Waals surface area contributed by atoms with Crippen LogP contribution in [0.25, 0.3) is 0 Å². The minimum atomic E-state index is -0.263. The topological polar surface area (TPSA) is 70.6 Å². The number of benzene rings is 2. The van der Waals surface area contributed by atoms with Crippen molar-refractivity contribution in [1.82, 2.24) is 5.32 Å². The van der Waals surface area contributed by atoms with Gasteiger partial charge in [0.15, 0.2) is 0 Å². The highest BCUT2D eigenvalue weighted by Gasteiger charge is 2.08. The molecule has 2 aromatic rings. The van der Waals surface area contributed by atoms with Gasteiger partial charge in [0.25, 0.3) is 0 Å². The van der Waals surface area contributed by atoms with E-state index in [9.17, 15) is 4.79 Å². The third-order valence-electron chi connectivity index (χ3n) is 3.92. The summed E-state index contributed by atoms with van der Waals surface area (Å²) in [6, 6.07) is 15.2.